The van der Waals surface area contributed by atoms with Gasteiger partial charge in [-0.1, -0.05) is 11.6 Å². The lowest BCUT2D eigenvalue weighted by Gasteiger charge is -2.10. The molecule has 1 aromatic carbocycles. The number of anilines is 2. The maximum Gasteiger partial charge on any atom is 0.337 e. The number of aromatic carboxylic acids is 1. The predicted molar refractivity (Wildman–Crippen MR) is 78.6 cm³/mol. The second-order valence-corrected chi connectivity index (χ2v) is 5.13. The third-order valence-corrected chi connectivity index (χ3v) is 3.24. The molecule has 4 nitrogen and oxygen atoms in total. The van der Waals surface area contributed by atoms with E-state index in [1.54, 1.807) is 12.1 Å². The highest BCUT2D eigenvalue weighted by atomic mass is 127. The van der Waals surface area contributed by atoms with Gasteiger partial charge in [-0.2, -0.15) is 0 Å². The molecule has 2 aromatic rings. The van der Waals surface area contributed by atoms with Crippen LogP contribution in [0.4, 0.5) is 11.4 Å². The van der Waals surface area contributed by atoms with Crippen LogP contribution in [0.15, 0.2) is 36.7 Å². The molecule has 0 atom stereocenters. The highest BCUT2D eigenvalue weighted by Gasteiger charge is 2.10. The standard InChI is InChI=1S/C12H8ClIN2O2/c13-9-5-7(14)1-2-10(9)16-11-6-15-4-3-8(11)12(17)18/h1-6,16H,(H,17,18). The van der Waals surface area contributed by atoms with Crippen molar-refractivity contribution in [2.24, 2.45) is 0 Å². The van der Waals surface area contributed by atoms with Crippen molar-refractivity contribution in [2.75, 3.05) is 5.32 Å². The number of pyridine rings is 1. The van der Waals surface area contributed by atoms with Crippen LogP contribution in [0.25, 0.3) is 0 Å². The number of rotatable bonds is 3. The monoisotopic (exact) mass is 374 g/mol. The molecule has 6 heteroatoms. The van der Waals surface area contributed by atoms with Crippen molar-refractivity contribution in [3.63, 3.8) is 0 Å². The molecule has 18 heavy (non-hydrogen) atoms. The summed E-state index contributed by atoms with van der Waals surface area (Å²) in [6.07, 6.45) is 2.89. The first-order valence-electron chi connectivity index (χ1n) is 4.97. The van der Waals surface area contributed by atoms with Gasteiger partial charge in [0.1, 0.15) is 0 Å². The summed E-state index contributed by atoms with van der Waals surface area (Å²) in [6, 6.07) is 6.90. The summed E-state index contributed by atoms with van der Waals surface area (Å²) >= 11 is 8.23. The zero-order valence-corrected chi connectivity index (χ0v) is 11.9. The van der Waals surface area contributed by atoms with Gasteiger partial charge in [-0.3, -0.25) is 4.98 Å². The predicted octanol–water partition coefficient (Wildman–Crippen LogP) is 3.78. The molecule has 0 aliphatic heterocycles. The SMILES string of the molecule is O=C(O)c1ccncc1Nc1ccc(I)cc1Cl. The molecule has 2 rings (SSSR count). The van der Waals surface area contributed by atoms with Crippen molar-refractivity contribution in [2.45, 2.75) is 0 Å². The molecule has 0 radical (unpaired) electrons. The second-order valence-electron chi connectivity index (χ2n) is 3.48. The molecule has 0 spiro atoms. The fraction of sp³-hybridized carbons (Fsp3) is 0. The summed E-state index contributed by atoms with van der Waals surface area (Å²) in [6.45, 7) is 0. The first kappa shape index (κ1) is 13.1. The fourth-order valence-electron chi connectivity index (χ4n) is 1.42. The fourth-order valence-corrected chi connectivity index (χ4v) is 2.32. The van der Waals surface area contributed by atoms with Crippen molar-refractivity contribution < 1.29 is 9.90 Å². The molecular formula is C12H8ClIN2O2. The molecule has 1 aromatic heterocycles. The van der Waals surface area contributed by atoms with Gasteiger partial charge in [0, 0.05) is 9.77 Å². The molecule has 0 saturated heterocycles. The Morgan fingerprint density at radius 3 is 2.78 bits per heavy atom. The summed E-state index contributed by atoms with van der Waals surface area (Å²) in [5, 5.41) is 12.6. The molecule has 0 aliphatic carbocycles. The Bertz CT molecular complexity index is 604. The van der Waals surface area contributed by atoms with Crippen LogP contribution >= 0.6 is 34.2 Å². The molecule has 0 bridgehead atoms. The van der Waals surface area contributed by atoms with Crippen molar-refractivity contribution in [3.05, 3.63) is 50.8 Å². The van der Waals surface area contributed by atoms with Gasteiger partial charge in [-0.25, -0.2) is 4.79 Å². The lowest BCUT2D eigenvalue weighted by Crippen LogP contribution is -2.03. The van der Waals surface area contributed by atoms with E-state index in [0.29, 0.717) is 16.4 Å². The average molecular weight is 375 g/mol. The van der Waals surface area contributed by atoms with Crippen LogP contribution in [-0.4, -0.2) is 16.1 Å². The van der Waals surface area contributed by atoms with E-state index in [1.165, 1.54) is 18.5 Å². The van der Waals surface area contributed by atoms with Crippen LogP contribution in [0, 0.1) is 3.57 Å². The van der Waals surface area contributed by atoms with Gasteiger partial charge < -0.3 is 10.4 Å². The third-order valence-electron chi connectivity index (χ3n) is 2.25. The largest absolute Gasteiger partial charge is 0.478 e. The van der Waals surface area contributed by atoms with Gasteiger partial charge in [0.2, 0.25) is 0 Å². The number of nitrogens with zero attached hydrogens (tertiary/aromatic N) is 1. The Morgan fingerprint density at radius 2 is 2.11 bits per heavy atom. The number of carbonyl (C=O) groups is 1. The Labute approximate surface area is 122 Å². The van der Waals surface area contributed by atoms with E-state index < -0.39 is 5.97 Å². The summed E-state index contributed by atoms with van der Waals surface area (Å²) in [7, 11) is 0. The van der Waals surface area contributed by atoms with E-state index in [9.17, 15) is 4.79 Å². The van der Waals surface area contributed by atoms with Gasteiger partial charge in [-0.15, -0.1) is 0 Å². The first-order chi connectivity index (χ1) is 8.58. The number of carboxylic acid groups (broad SMARTS) is 1. The van der Waals surface area contributed by atoms with Crippen LogP contribution in [-0.2, 0) is 0 Å². The van der Waals surface area contributed by atoms with Crippen molar-refractivity contribution in [3.8, 4) is 0 Å². The number of benzene rings is 1. The molecule has 0 unspecified atom stereocenters. The van der Waals surface area contributed by atoms with Crippen LogP contribution in [0.5, 0.6) is 0 Å². The third kappa shape index (κ3) is 2.91. The Balaban J connectivity index is 2.37. The van der Waals surface area contributed by atoms with E-state index in [1.807, 2.05) is 6.07 Å². The van der Waals surface area contributed by atoms with E-state index in [4.69, 9.17) is 16.7 Å². The van der Waals surface area contributed by atoms with Crippen LogP contribution in [0.1, 0.15) is 10.4 Å². The number of carboxylic acids is 1. The molecule has 0 saturated carbocycles. The van der Waals surface area contributed by atoms with E-state index in [2.05, 4.69) is 32.9 Å². The number of hydrogen-bond acceptors (Lipinski definition) is 3. The van der Waals surface area contributed by atoms with Crippen LogP contribution in [0.2, 0.25) is 5.02 Å². The van der Waals surface area contributed by atoms with Gasteiger partial charge in [0.05, 0.1) is 28.2 Å². The lowest BCUT2D eigenvalue weighted by atomic mass is 10.2. The minimum Gasteiger partial charge on any atom is -0.478 e. The summed E-state index contributed by atoms with van der Waals surface area (Å²) in [5.74, 6) is -1.01. The molecule has 2 N–H and O–H groups in total. The Kier molecular flexibility index (Phi) is 4.03. The minimum atomic E-state index is -1.01. The number of halogens is 2. The highest BCUT2D eigenvalue weighted by Crippen LogP contribution is 2.28. The van der Waals surface area contributed by atoms with Crippen molar-refractivity contribution in [1.29, 1.82) is 0 Å². The van der Waals surface area contributed by atoms with Gasteiger partial charge >= 0.3 is 5.97 Å². The van der Waals surface area contributed by atoms with Gasteiger partial charge in [-0.05, 0) is 46.9 Å². The van der Waals surface area contributed by atoms with Crippen molar-refractivity contribution >= 4 is 51.5 Å². The second kappa shape index (κ2) is 5.53. The molecule has 1 heterocycles. The topological polar surface area (TPSA) is 62.2 Å². The quantitative estimate of drug-likeness (QED) is 0.803. The van der Waals surface area contributed by atoms with E-state index in [0.717, 1.165) is 3.57 Å². The maximum atomic E-state index is 11.0. The molecule has 0 aliphatic rings. The van der Waals surface area contributed by atoms with Crippen LogP contribution < -0.4 is 5.32 Å². The number of hydrogen-bond donors (Lipinski definition) is 2. The summed E-state index contributed by atoms with van der Waals surface area (Å²) in [5.41, 5.74) is 1.21. The Hall–Kier alpha value is -1.34. The lowest BCUT2D eigenvalue weighted by molar-refractivity contribution is 0.0698. The van der Waals surface area contributed by atoms with Crippen molar-refractivity contribution in [1.82, 2.24) is 4.98 Å². The van der Waals surface area contributed by atoms with Gasteiger partial charge in [0.25, 0.3) is 0 Å². The first-order valence-corrected chi connectivity index (χ1v) is 6.43. The molecule has 0 amide bonds. The number of aromatic nitrogens is 1. The zero-order valence-electron chi connectivity index (χ0n) is 9.02. The molecule has 0 fully saturated rings. The zero-order chi connectivity index (χ0) is 13.1. The highest BCUT2D eigenvalue weighted by molar-refractivity contribution is 14.1. The average Bonchev–Trinajstić information content (AvgIpc) is 2.33. The smallest absolute Gasteiger partial charge is 0.337 e. The number of nitrogens with one attached hydrogen (secondary N) is 1. The summed E-state index contributed by atoms with van der Waals surface area (Å²) in [4.78, 5) is 14.9. The van der Waals surface area contributed by atoms with E-state index in [-0.39, 0.29) is 5.56 Å². The molecular weight excluding hydrogens is 367 g/mol. The van der Waals surface area contributed by atoms with Crippen LogP contribution in [0.3, 0.4) is 0 Å². The minimum absolute atomic E-state index is 0.152. The maximum absolute atomic E-state index is 11.0. The Morgan fingerprint density at radius 1 is 1.33 bits per heavy atom. The normalized spacial score (nSPS) is 10.1. The van der Waals surface area contributed by atoms with E-state index >= 15 is 0 Å². The van der Waals surface area contributed by atoms with Gasteiger partial charge in [0.15, 0.2) is 0 Å². The summed E-state index contributed by atoms with van der Waals surface area (Å²) < 4.78 is 1.01. The molecule has 92 valence electrons.